The van der Waals surface area contributed by atoms with Crippen LogP contribution in [0.5, 0.6) is 5.75 Å². The Morgan fingerprint density at radius 2 is 2.04 bits per heavy atom. The number of hydrogen-bond donors (Lipinski definition) is 1. The number of phenolic OH excluding ortho intramolecular Hbond substituents is 1. The lowest BCUT2D eigenvalue weighted by molar-refractivity contribution is 0.468. The fourth-order valence-electron chi connectivity index (χ4n) is 3.83. The monoisotopic (exact) mass is 398 g/mol. The molecule has 5 rings (SSSR count). The first-order chi connectivity index (χ1) is 13.6. The molecule has 8 heteroatoms. The molecule has 7 nitrogen and oxygen atoms in total. The highest BCUT2D eigenvalue weighted by atomic mass is 32.2. The van der Waals surface area contributed by atoms with Gasteiger partial charge in [-0.25, -0.2) is 4.79 Å². The van der Waals surface area contributed by atoms with Crippen LogP contribution in [0.1, 0.15) is 42.9 Å². The summed E-state index contributed by atoms with van der Waals surface area (Å²) in [6, 6.07) is 5.47. The zero-order valence-corrected chi connectivity index (χ0v) is 16.5. The second-order valence-electron chi connectivity index (χ2n) is 7.54. The Labute approximate surface area is 166 Å². The number of benzene rings is 1. The third-order valence-electron chi connectivity index (χ3n) is 5.52. The summed E-state index contributed by atoms with van der Waals surface area (Å²) in [5.74, 6) is 1.71. The first kappa shape index (κ1) is 17.6. The van der Waals surface area contributed by atoms with E-state index in [0.29, 0.717) is 22.9 Å². The minimum absolute atomic E-state index is 0.129. The second-order valence-corrected chi connectivity index (χ2v) is 8.49. The van der Waals surface area contributed by atoms with Gasteiger partial charge in [0.1, 0.15) is 11.3 Å². The number of fused-ring (bicyclic) bond motifs is 1. The lowest BCUT2D eigenvalue weighted by atomic mass is 10.1. The van der Waals surface area contributed by atoms with Crippen LogP contribution in [0.4, 0.5) is 5.95 Å². The van der Waals surface area contributed by atoms with Crippen LogP contribution in [-0.2, 0) is 5.75 Å². The van der Waals surface area contributed by atoms with Crippen LogP contribution in [0.3, 0.4) is 0 Å². The van der Waals surface area contributed by atoms with Crippen LogP contribution in [-0.4, -0.2) is 33.0 Å². The van der Waals surface area contributed by atoms with Crippen molar-refractivity contribution in [1.29, 1.82) is 0 Å². The number of hydrogen-bond acceptors (Lipinski definition) is 7. The number of aryl methyl sites for hydroxylation is 1. The second kappa shape index (κ2) is 6.84. The van der Waals surface area contributed by atoms with E-state index < -0.39 is 5.63 Å². The average molecular weight is 398 g/mol. The molecule has 146 valence electrons. The molecule has 0 atom stereocenters. The van der Waals surface area contributed by atoms with Crippen LogP contribution in [0.15, 0.2) is 32.6 Å². The van der Waals surface area contributed by atoms with Gasteiger partial charge in [-0.2, -0.15) is 0 Å². The van der Waals surface area contributed by atoms with Gasteiger partial charge in [-0.05, 0) is 50.3 Å². The van der Waals surface area contributed by atoms with Crippen LogP contribution in [0.25, 0.3) is 11.0 Å². The summed E-state index contributed by atoms with van der Waals surface area (Å²) >= 11 is 1.60. The van der Waals surface area contributed by atoms with E-state index in [1.807, 2.05) is 0 Å². The van der Waals surface area contributed by atoms with Gasteiger partial charge in [-0.15, -0.1) is 10.2 Å². The fourth-order valence-corrected chi connectivity index (χ4v) is 4.82. The zero-order valence-electron chi connectivity index (χ0n) is 15.7. The molecule has 28 heavy (non-hydrogen) atoms. The number of anilines is 1. The lowest BCUT2D eigenvalue weighted by Gasteiger charge is -2.18. The van der Waals surface area contributed by atoms with Gasteiger partial charge in [-0.3, -0.25) is 4.57 Å². The highest BCUT2D eigenvalue weighted by Crippen LogP contribution is 2.42. The summed E-state index contributed by atoms with van der Waals surface area (Å²) in [7, 11) is 0. The molecule has 1 saturated heterocycles. The van der Waals surface area contributed by atoms with Crippen molar-refractivity contribution >= 4 is 28.7 Å². The van der Waals surface area contributed by atoms with Crippen molar-refractivity contribution in [2.24, 2.45) is 0 Å². The molecule has 1 aliphatic carbocycles. The Morgan fingerprint density at radius 3 is 2.79 bits per heavy atom. The topological polar surface area (TPSA) is 84.4 Å². The Kier molecular flexibility index (Phi) is 4.30. The van der Waals surface area contributed by atoms with E-state index in [1.165, 1.54) is 31.7 Å². The van der Waals surface area contributed by atoms with Gasteiger partial charge in [0.15, 0.2) is 5.16 Å². The summed E-state index contributed by atoms with van der Waals surface area (Å²) in [5.41, 5.74) is 1.51. The maximum atomic E-state index is 12.0. The standard InChI is InChI=1S/C20H22N4O3S/c1-12-16(25)7-6-15-13(10-17(26)27-18(12)15)11-28-20-22-21-19(23-8-2-3-9-23)24(20)14-4-5-14/h6-7,10,14,25H,2-5,8-9,11H2,1H3. The SMILES string of the molecule is Cc1c(O)ccc2c(CSc3nnc(N4CCCC4)n3C3CC3)cc(=O)oc12. The van der Waals surface area contributed by atoms with Crippen molar-refractivity contribution in [3.8, 4) is 5.75 Å². The maximum absolute atomic E-state index is 12.0. The largest absolute Gasteiger partial charge is 0.508 e. The highest BCUT2D eigenvalue weighted by molar-refractivity contribution is 7.98. The number of thioether (sulfide) groups is 1. The minimum atomic E-state index is -0.404. The Hall–Kier alpha value is -2.48. The predicted molar refractivity (Wildman–Crippen MR) is 108 cm³/mol. The van der Waals surface area contributed by atoms with E-state index in [-0.39, 0.29) is 5.75 Å². The van der Waals surface area contributed by atoms with Crippen LogP contribution in [0, 0.1) is 6.92 Å². The van der Waals surface area contributed by atoms with E-state index in [0.717, 1.165) is 35.1 Å². The van der Waals surface area contributed by atoms with Gasteiger partial charge in [-0.1, -0.05) is 11.8 Å². The van der Waals surface area contributed by atoms with Gasteiger partial charge < -0.3 is 14.4 Å². The zero-order chi connectivity index (χ0) is 19.3. The molecule has 0 amide bonds. The molecule has 1 saturated carbocycles. The smallest absolute Gasteiger partial charge is 0.336 e. The fraction of sp³-hybridized carbons (Fsp3) is 0.450. The number of nitrogens with zero attached hydrogens (tertiary/aromatic N) is 4. The van der Waals surface area contributed by atoms with E-state index in [1.54, 1.807) is 30.8 Å². The summed E-state index contributed by atoms with van der Waals surface area (Å²) in [4.78, 5) is 14.4. The maximum Gasteiger partial charge on any atom is 0.336 e. The summed E-state index contributed by atoms with van der Waals surface area (Å²) in [6.45, 7) is 3.84. The number of phenols is 1. The molecule has 2 fully saturated rings. The number of rotatable bonds is 5. The first-order valence-corrected chi connectivity index (χ1v) is 10.7. The predicted octanol–water partition coefficient (Wildman–Crippen LogP) is 3.63. The van der Waals surface area contributed by atoms with Crippen molar-refractivity contribution in [2.75, 3.05) is 18.0 Å². The molecule has 1 aliphatic heterocycles. The molecule has 0 bridgehead atoms. The Balaban J connectivity index is 1.47. The molecule has 1 N–H and O–H groups in total. The molecule has 0 radical (unpaired) electrons. The third-order valence-corrected chi connectivity index (χ3v) is 6.51. The molecular formula is C20H22N4O3S. The van der Waals surface area contributed by atoms with Gasteiger partial charge in [0.2, 0.25) is 5.95 Å². The van der Waals surface area contributed by atoms with Crippen LogP contribution >= 0.6 is 11.8 Å². The van der Waals surface area contributed by atoms with Gasteiger partial charge in [0.25, 0.3) is 0 Å². The third kappa shape index (κ3) is 3.05. The van der Waals surface area contributed by atoms with Gasteiger partial charge in [0, 0.05) is 41.9 Å². The summed E-state index contributed by atoms with van der Waals surface area (Å²) < 4.78 is 7.62. The van der Waals surface area contributed by atoms with Crippen LogP contribution in [0.2, 0.25) is 0 Å². The Morgan fingerprint density at radius 1 is 1.25 bits per heavy atom. The van der Waals surface area contributed by atoms with Crippen molar-refractivity contribution in [3.63, 3.8) is 0 Å². The van der Waals surface area contributed by atoms with E-state index in [2.05, 4.69) is 19.7 Å². The van der Waals surface area contributed by atoms with Gasteiger partial charge >= 0.3 is 5.63 Å². The Bertz CT molecular complexity index is 1100. The molecule has 0 unspecified atom stereocenters. The molecule has 2 aliphatic rings. The molecule has 2 aromatic heterocycles. The molecular weight excluding hydrogens is 376 g/mol. The summed E-state index contributed by atoms with van der Waals surface area (Å²) in [5, 5.41) is 20.6. The normalized spacial score (nSPS) is 17.0. The number of aromatic nitrogens is 3. The summed E-state index contributed by atoms with van der Waals surface area (Å²) in [6.07, 6.45) is 4.75. The average Bonchev–Trinajstić information content (AvgIpc) is 3.20. The first-order valence-electron chi connectivity index (χ1n) is 9.70. The van der Waals surface area contributed by atoms with Crippen molar-refractivity contribution in [1.82, 2.24) is 14.8 Å². The van der Waals surface area contributed by atoms with E-state index in [9.17, 15) is 9.90 Å². The molecule has 3 aromatic rings. The number of aromatic hydroxyl groups is 1. The lowest BCUT2D eigenvalue weighted by Crippen LogP contribution is -2.22. The van der Waals surface area contributed by atoms with E-state index >= 15 is 0 Å². The quantitative estimate of drug-likeness (QED) is 0.519. The van der Waals surface area contributed by atoms with E-state index in [4.69, 9.17) is 4.42 Å². The van der Waals surface area contributed by atoms with Crippen LogP contribution < -0.4 is 10.5 Å². The molecule has 0 spiro atoms. The van der Waals surface area contributed by atoms with Crippen molar-refractivity contribution < 1.29 is 9.52 Å². The van der Waals surface area contributed by atoms with Crippen molar-refractivity contribution in [2.45, 2.75) is 49.6 Å². The molecule has 3 heterocycles. The molecule has 1 aromatic carbocycles. The van der Waals surface area contributed by atoms with Crippen molar-refractivity contribution in [3.05, 3.63) is 39.7 Å². The minimum Gasteiger partial charge on any atom is -0.508 e. The highest BCUT2D eigenvalue weighted by Gasteiger charge is 2.32. The van der Waals surface area contributed by atoms with Gasteiger partial charge in [0.05, 0.1) is 0 Å².